The summed E-state index contributed by atoms with van der Waals surface area (Å²) in [5, 5.41) is 0. The molecule has 1 aliphatic heterocycles. The van der Waals surface area contributed by atoms with Crippen molar-refractivity contribution >= 4 is 21.8 Å². The Labute approximate surface area is 104 Å². The molecule has 0 radical (unpaired) electrons. The first-order chi connectivity index (χ1) is 7.58. The van der Waals surface area contributed by atoms with E-state index < -0.39 is 0 Å². The average Bonchev–Trinajstić information content (AvgIpc) is 2.68. The van der Waals surface area contributed by atoms with Crippen LogP contribution in [0.25, 0.3) is 0 Å². The van der Waals surface area contributed by atoms with Crippen LogP contribution in [0.3, 0.4) is 0 Å². The van der Waals surface area contributed by atoms with E-state index in [1.54, 1.807) is 12.1 Å². The van der Waals surface area contributed by atoms with Crippen molar-refractivity contribution in [3.63, 3.8) is 0 Å². The third-order valence-electron chi connectivity index (χ3n) is 3.41. The molecular weight excluding hydrogens is 270 g/mol. The van der Waals surface area contributed by atoms with Crippen LogP contribution in [0.4, 0.5) is 0 Å². The van der Waals surface area contributed by atoms with Crippen LogP contribution in [-0.4, -0.2) is 23.9 Å². The molecule has 3 nitrogen and oxygen atoms in total. The second-order valence-electron chi connectivity index (χ2n) is 4.60. The fourth-order valence-electron chi connectivity index (χ4n) is 2.03. The molecule has 1 amide bonds. The molecule has 0 saturated carbocycles. The molecule has 1 aromatic rings. The summed E-state index contributed by atoms with van der Waals surface area (Å²) in [4.78, 5) is 14.0. The van der Waals surface area contributed by atoms with E-state index in [9.17, 15) is 4.79 Å². The molecule has 16 heavy (non-hydrogen) atoms. The van der Waals surface area contributed by atoms with Gasteiger partial charge in [0.25, 0.3) is 5.91 Å². The highest BCUT2D eigenvalue weighted by molar-refractivity contribution is 9.10. The Morgan fingerprint density at radius 3 is 2.75 bits per heavy atom. The molecule has 0 aromatic carbocycles. The van der Waals surface area contributed by atoms with Gasteiger partial charge in [0.2, 0.25) is 0 Å². The highest BCUT2D eigenvalue weighted by Crippen LogP contribution is 2.24. The first-order valence-electron chi connectivity index (χ1n) is 5.62. The highest BCUT2D eigenvalue weighted by Gasteiger charge is 2.27. The van der Waals surface area contributed by atoms with Gasteiger partial charge in [0.1, 0.15) is 0 Å². The zero-order valence-corrected chi connectivity index (χ0v) is 11.2. The van der Waals surface area contributed by atoms with Crippen LogP contribution in [0.1, 0.15) is 30.8 Å². The van der Waals surface area contributed by atoms with Gasteiger partial charge in [-0.05, 0) is 46.3 Å². The maximum Gasteiger partial charge on any atom is 0.289 e. The Hall–Kier alpha value is -0.770. The fourth-order valence-corrected chi connectivity index (χ4v) is 2.34. The smallest absolute Gasteiger partial charge is 0.289 e. The Morgan fingerprint density at radius 1 is 1.44 bits per heavy atom. The van der Waals surface area contributed by atoms with Crippen LogP contribution < -0.4 is 0 Å². The normalized spacial score (nSPS) is 25.8. The van der Waals surface area contributed by atoms with Crippen molar-refractivity contribution in [2.75, 3.05) is 13.1 Å². The van der Waals surface area contributed by atoms with E-state index in [0.717, 1.165) is 19.5 Å². The Balaban J connectivity index is 2.06. The summed E-state index contributed by atoms with van der Waals surface area (Å²) in [7, 11) is 0. The molecule has 1 aliphatic rings. The first kappa shape index (κ1) is 11.7. The molecular formula is C12H16BrNO2. The van der Waals surface area contributed by atoms with Gasteiger partial charge in [-0.25, -0.2) is 0 Å². The number of rotatable bonds is 1. The van der Waals surface area contributed by atoms with Gasteiger partial charge in [-0.1, -0.05) is 13.8 Å². The Bertz CT molecular complexity index is 388. The highest BCUT2D eigenvalue weighted by atomic mass is 79.9. The van der Waals surface area contributed by atoms with Crippen molar-refractivity contribution in [2.24, 2.45) is 11.8 Å². The molecule has 0 bridgehead atoms. The summed E-state index contributed by atoms with van der Waals surface area (Å²) in [5.74, 6) is 1.70. The lowest BCUT2D eigenvalue weighted by molar-refractivity contribution is 0.0594. The number of nitrogens with zero attached hydrogens (tertiary/aromatic N) is 1. The number of amides is 1. The number of hydrogen-bond donors (Lipinski definition) is 0. The van der Waals surface area contributed by atoms with Crippen LogP contribution >= 0.6 is 15.9 Å². The third kappa shape index (κ3) is 2.32. The zero-order chi connectivity index (χ0) is 11.7. The quantitative estimate of drug-likeness (QED) is 0.794. The van der Waals surface area contributed by atoms with Crippen molar-refractivity contribution in [1.82, 2.24) is 4.90 Å². The van der Waals surface area contributed by atoms with Crippen molar-refractivity contribution in [3.05, 3.63) is 22.6 Å². The number of piperidine rings is 1. The van der Waals surface area contributed by atoms with Crippen molar-refractivity contribution in [3.8, 4) is 0 Å². The zero-order valence-electron chi connectivity index (χ0n) is 9.57. The van der Waals surface area contributed by atoms with Gasteiger partial charge in [0.05, 0.1) is 0 Å². The van der Waals surface area contributed by atoms with Gasteiger partial charge in [-0.2, -0.15) is 0 Å². The molecule has 1 saturated heterocycles. The van der Waals surface area contributed by atoms with Crippen LogP contribution in [0.5, 0.6) is 0 Å². The molecule has 0 N–H and O–H groups in total. The van der Waals surface area contributed by atoms with E-state index in [1.165, 1.54) is 0 Å². The molecule has 0 aliphatic carbocycles. The molecule has 4 heteroatoms. The van der Waals surface area contributed by atoms with E-state index >= 15 is 0 Å². The average molecular weight is 286 g/mol. The van der Waals surface area contributed by atoms with E-state index in [0.29, 0.717) is 22.3 Å². The number of halogens is 1. The van der Waals surface area contributed by atoms with Crippen molar-refractivity contribution < 1.29 is 9.21 Å². The number of likely N-dealkylation sites (tertiary alicyclic amines) is 1. The van der Waals surface area contributed by atoms with Gasteiger partial charge in [-0.3, -0.25) is 4.79 Å². The number of carbonyl (C=O) groups excluding carboxylic acids is 1. The van der Waals surface area contributed by atoms with E-state index in [1.807, 2.05) is 4.90 Å². The summed E-state index contributed by atoms with van der Waals surface area (Å²) in [6.07, 6.45) is 1.08. The molecule has 2 rings (SSSR count). The monoisotopic (exact) mass is 285 g/mol. The van der Waals surface area contributed by atoms with Gasteiger partial charge in [0, 0.05) is 13.1 Å². The third-order valence-corrected chi connectivity index (χ3v) is 3.83. The van der Waals surface area contributed by atoms with Crippen molar-refractivity contribution in [2.45, 2.75) is 20.3 Å². The molecule has 2 unspecified atom stereocenters. The Kier molecular flexibility index (Phi) is 3.38. The summed E-state index contributed by atoms with van der Waals surface area (Å²) in [6.45, 7) is 6.11. The van der Waals surface area contributed by atoms with Gasteiger partial charge in [-0.15, -0.1) is 0 Å². The lowest BCUT2D eigenvalue weighted by Crippen LogP contribution is -2.42. The lowest BCUT2D eigenvalue weighted by Gasteiger charge is -2.34. The van der Waals surface area contributed by atoms with Gasteiger partial charge in [0.15, 0.2) is 10.4 Å². The van der Waals surface area contributed by atoms with Crippen LogP contribution in [0, 0.1) is 11.8 Å². The Morgan fingerprint density at radius 2 is 2.19 bits per heavy atom. The number of hydrogen-bond acceptors (Lipinski definition) is 2. The fraction of sp³-hybridized carbons (Fsp3) is 0.583. The second-order valence-corrected chi connectivity index (χ2v) is 5.38. The predicted octanol–water partition coefficient (Wildman–Crippen LogP) is 3.16. The first-order valence-corrected chi connectivity index (χ1v) is 6.42. The predicted molar refractivity (Wildman–Crippen MR) is 65.3 cm³/mol. The molecule has 1 aromatic heterocycles. The second kappa shape index (κ2) is 4.62. The summed E-state index contributed by atoms with van der Waals surface area (Å²) in [5.41, 5.74) is 0. The van der Waals surface area contributed by atoms with Crippen LogP contribution in [0.15, 0.2) is 21.2 Å². The maximum absolute atomic E-state index is 12.1. The minimum atomic E-state index is 0.00412. The standard InChI is InChI=1S/C12H16BrNO2/c1-8-5-6-14(7-9(8)2)12(15)10-3-4-11(13)16-10/h3-4,8-9H,5-7H2,1-2H3. The van der Waals surface area contributed by atoms with Crippen LogP contribution in [0.2, 0.25) is 0 Å². The molecule has 2 atom stereocenters. The molecule has 2 heterocycles. The molecule has 0 spiro atoms. The molecule has 88 valence electrons. The minimum absolute atomic E-state index is 0.00412. The molecule has 1 fully saturated rings. The van der Waals surface area contributed by atoms with Gasteiger partial charge >= 0.3 is 0 Å². The summed E-state index contributed by atoms with van der Waals surface area (Å²) in [6, 6.07) is 3.47. The minimum Gasteiger partial charge on any atom is -0.444 e. The summed E-state index contributed by atoms with van der Waals surface area (Å²) < 4.78 is 5.89. The largest absolute Gasteiger partial charge is 0.444 e. The maximum atomic E-state index is 12.1. The van der Waals surface area contributed by atoms with Gasteiger partial charge < -0.3 is 9.32 Å². The van der Waals surface area contributed by atoms with Crippen LogP contribution in [-0.2, 0) is 0 Å². The summed E-state index contributed by atoms with van der Waals surface area (Å²) >= 11 is 3.21. The van der Waals surface area contributed by atoms with E-state index in [4.69, 9.17) is 4.42 Å². The topological polar surface area (TPSA) is 33.5 Å². The van der Waals surface area contributed by atoms with E-state index in [2.05, 4.69) is 29.8 Å². The number of carbonyl (C=O) groups is 1. The van der Waals surface area contributed by atoms with E-state index in [-0.39, 0.29) is 5.91 Å². The number of furan rings is 1. The SMILES string of the molecule is CC1CCN(C(=O)c2ccc(Br)o2)CC1C. The van der Waals surface area contributed by atoms with Crippen molar-refractivity contribution in [1.29, 1.82) is 0 Å². The lowest BCUT2D eigenvalue weighted by atomic mass is 9.88.